The second kappa shape index (κ2) is 7.70. The van der Waals surface area contributed by atoms with Crippen LogP contribution in [0.5, 0.6) is 0 Å². The lowest BCUT2D eigenvalue weighted by molar-refractivity contribution is -0.139. The van der Waals surface area contributed by atoms with E-state index in [0.29, 0.717) is 26.1 Å². The van der Waals surface area contributed by atoms with Crippen molar-refractivity contribution in [2.24, 2.45) is 0 Å². The van der Waals surface area contributed by atoms with Gasteiger partial charge in [-0.05, 0) is 31.2 Å². The molecule has 3 heterocycles. The lowest BCUT2D eigenvalue weighted by atomic mass is 10.1. The van der Waals surface area contributed by atoms with Gasteiger partial charge in [0.15, 0.2) is 5.82 Å². The number of hydrogen-bond donors (Lipinski definition) is 0. The number of carbonyl (C=O) groups excluding carboxylic acids is 1. The molecule has 1 amide bonds. The van der Waals surface area contributed by atoms with Crippen molar-refractivity contribution in [1.29, 1.82) is 0 Å². The van der Waals surface area contributed by atoms with Crippen LogP contribution in [-0.2, 0) is 22.5 Å². The van der Waals surface area contributed by atoms with Crippen molar-refractivity contribution in [2.45, 2.75) is 38.8 Å². The van der Waals surface area contributed by atoms with E-state index >= 15 is 0 Å². The van der Waals surface area contributed by atoms with E-state index in [1.807, 2.05) is 16.4 Å². The fourth-order valence-electron chi connectivity index (χ4n) is 2.82. The summed E-state index contributed by atoms with van der Waals surface area (Å²) in [4.78, 5) is 15.7. The molecular weight excluding hydrogens is 312 g/mol. The third-order valence-corrected chi connectivity index (χ3v) is 5.02. The first-order valence-corrected chi connectivity index (χ1v) is 8.95. The van der Waals surface area contributed by atoms with E-state index in [1.54, 1.807) is 17.7 Å². The van der Waals surface area contributed by atoms with Crippen molar-refractivity contribution in [2.75, 3.05) is 19.7 Å². The zero-order valence-electron chi connectivity index (χ0n) is 13.4. The second-order valence-corrected chi connectivity index (χ2v) is 6.64. The molecule has 2 aromatic rings. The summed E-state index contributed by atoms with van der Waals surface area (Å²) >= 11 is 1.75. The minimum absolute atomic E-state index is 0.174. The number of ether oxygens (including phenoxy) is 1. The molecule has 2 aromatic heterocycles. The van der Waals surface area contributed by atoms with Gasteiger partial charge in [-0.1, -0.05) is 6.07 Å². The molecule has 0 radical (unpaired) electrons. The average molecular weight is 334 g/mol. The lowest BCUT2D eigenvalue weighted by Gasteiger charge is -2.32. The highest BCUT2D eigenvalue weighted by molar-refractivity contribution is 7.09. The van der Waals surface area contributed by atoms with Crippen LogP contribution in [0.4, 0.5) is 0 Å². The smallest absolute Gasteiger partial charge is 0.222 e. The van der Waals surface area contributed by atoms with Gasteiger partial charge in [0.1, 0.15) is 12.4 Å². The molecule has 23 heavy (non-hydrogen) atoms. The number of nitrogens with zero attached hydrogens (tertiary/aromatic N) is 4. The molecule has 0 aliphatic carbocycles. The maximum atomic E-state index is 12.4. The summed E-state index contributed by atoms with van der Waals surface area (Å²) in [5.74, 6) is 1.01. The topological polar surface area (TPSA) is 60.2 Å². The number of thiophene rings is 1. The average Bonchev–Trinajstić information content (AvgIpc) is 3.26. The van der Waals surface area contributed by atoms with Crippen LogP contribution in [0.1, 0.15) is 36.6 Å². The van der Waals surface area contributed by atoms with E-state index in [4.69, 9.17) is 4.74 Å². The maximum Gasteiger partial charge on any atom is 0.222 e. The zero-order valence-corrected chi connectivity index (χ0v) is 14.2. The molecule has 0 bridgehead atoms. The molecule has 1 unspecified atom stereocenters. The minimum Gasteiger partial charge on any atom is -0.366 e. The van der Waals surface area contributed by atoms with Crippen LogP contribution in [0, 0.1) is 0 Å². The summed E-state index contributed by atoms with van der Waals surface area (Å²) in [7, 11) is 0. The Morgan fingerprint density at radius 2 is 2.43 bits per heavy atom. The van der Waals surface area contributed by atoms with Crippen LogP contribution in [0.25, 0.3) is 0 Å². The lowest BCUT2D eigenvalue weighted by Crippen LogP contribution is -2.42. The molecular formula is C16H22N4O2S. The number of aryl methyl sites for hydroxylation is 2. The van der Waals surface area contributed by atoms with Gasteiger partial charge >= 0.3 is 0 Å². The summed E-state index contributed by atoms with van der Waals surface area (Å²) in [5, 5.41) is 10.2. The first kappa shape index (κ1) is 16.1. The van der Waals surface area contributed by atoms with Gasteiger partial charge in [-0.15, -0.1) is 21.5 Å². The van der Waals surface area contributed by atoms with Gasteiger partial charge in [-0.25, -0.2) is 0 Å². The van der Waals surface area contributed by atoms with E-state index in [0.717, 1.165) is 25.2 Å². The van der Waals surface area contributed by atoms with Gasteiger partial charge in [-0.3, -0.25) is 4.79 Å². The zero-order chi connectivity index (χ0) is 16.1. The standard InChI is InChI=1S/C16H22N4O2S/c1-2-19-12-17-18-16(19)14-11-20(8-9-22-14)15(21)7-3-5-13-6-4-10-23-13/h4,6,10,12,14H,2-3,5,7-9,11H2,1H3. The highest BCUT2D eigenvalue weighted by atomic mass is 32.1. The number of carbonyl (C=O) groups is 1. The van der Waals surface area contributed by atoms with Crippen molar-refractivity contribution in [3.63, 3.8) is 0 Å². The van der Waals surface area contributed by atoms with Crippen molar-refractivity contribution in [3.05, 3.63) is 34.5 Å². The van der Waals surface area contributed by atoms with E-state index in [2.05, 4.69) is 27.7 Å². The quantitative estimate of drug-likeness (QED) is 0.813. The van der Waals surface area contributed by atoms with Crippen LogP contribution in [-0.4, -0.2) is 45.3 Å². The predicted molar refractivity (Wildman–Crippen MR) is 88.2 cm³/mol. The first-order chi connectivity index (χ1) is 11.3. The molecule has 3 rings (SSSR count). The fraction of sp³-hybridized carbons (Fsp3) is 0.562. The number of aromatic nitrogens is 3. The third-order valence-electron chi connectivity index (χ3n) is 4.09. The van der Waals surface area contributed by atoms with Crippen LogP contribution in [0.3, 0.4) is 0 Å². The normalized spacial score (nSPS) is 18.3. The summed E-state index contributed by atoms with van der Waals surface area (Å²) in [6.07, 6.45) is 3.99. The largest absolute Gasteiger partial charge is 0.366 e. The number of morpholine rings is 1. The summed E-state index contributed by atoms with van der Waals surface area (Å²) in [6.45, 7) is 4.63. The van der Waals surface area contributed by atoms with Gasteiger partial charge < -0.3 is 14.2 Å². The van der Waals surface area contributed by atoms with Crippen LogP contribution in [0.15, 0.2) is 23.8 Å². The Morgan fingerprint density at radius 1 is 1.52 bits per heavy atom. The van der Waals surface area contributed by atoms with E-state index < -0.39 is 0 Å². The van der Waals surface area contributed by atoms with Gasteiger partial charge in [-0.2, -0.15) is 0 Å². The Hall–Kier alpha value is -1.73. The SMILES string of the molecule is CCn1cnnc1C1CN(C(=O)CCCc2cccs2)CCO1. The molecule has 1 atom stereocenters. The second-order valence-electron chi connectivity index (χ2n) is 5.61. The van der Waals surface area contributed by atoms with Gasteiger partial charge in [0.05, 0.1) is 13.2 Å². The van der Waals surface area contributed by atoms with Crippen molar-refractivity contribution in [1.82, 2.24) is 19.7 Å². The Morgan fingerprint density at radius 3 is 3.22 bits per heavy atom. The fourth-order valence-corrected chi connectivity index (χ4v) is 3.57. The molecule has 1 fully saturated rings. The van der Waals surface area contributed by atoms with Gasteiger partial charge in [0.25, 0.3) is 0 Å². The molecule has 0 aromatic carbocycles. The van der Waals surface area contributed by atoms with Crippen molar-refractivity contribution in [3.8, 4) is 0 Å². The monoisotopic (exact) mass is 334 g/mol. The van der Waals surface area contributed by atoms with E-state index in [9.17, 15) is 4.79 Å². The van der Waals surface area contributed by atoms with E-state index in [-0.39, 0.29) is 12.0 Å². The number of hydrogen-bond acceptors (Lipinski definition) is 5. The summed E-state index contributed by atoms with van der Waals surface area (Å²) < 4.78 is 7.76. The number of amides is 1. The maximum absolute atomic E-state index is 12.4. The molecule has 0 saturated carbocycles. The number of rotatable bonds is 6. The van der Waals surface area contributed by atoms with Crippen molar-refractivity contribution < 1.29 is 9.53 Å². The highest BCUT2D eigenvalue weighted by Crippen LogP contribution is 2.21. The molecule has 0 N–H and O–H groups in total. The minimum atomic E-state index is -0.174. The summed E-state index contributed by atoms with van der Waals surface area (Å²) in [5.41, 5.74) is 0. The van der Waals surface area contributed by atoms with Crippen LogP contribution < -0.4 is 0 Å². The Labute approximate surface area is 140 Å². The van der Waals surface area contributed by atoms with Crippen molar-refractivity contribution >= 4 is 17.2 Å². The predicted octanol–water partition coefficient (Wildman–Crippen LogP) is 2.28. The Kier molecular flexibility index (Phi) is 5.40. The highest BCUT2D eigenvalue weighted by Gasteiger charge is 2.28. The molecule has 1 aliphatic rings. The van der Waals surface area contributed by atoms with E-state index in [1.165, 1.54) is 4.88 Å². The Balaban J connectivity index is 1.52. The first-order valence-electron chi connectivity index (χ1n) is 8.07. The third kappa shape index (κ3) is 3.97. The molecule has 6 nitrogen and oxygen atoms in total. The van der Waals surface area contributed by atoms with Crippen LogP contribution >= 0.6 is 11.3 Å². The van der Waals surface area contributed by atoms with Gasteiger partial charge in [0.2, 0.25) is 5.91 Å². The molecule has 0 spiro atoms. The molecule has 1 aliphatic heterocycles. The van der Waals surface area contributed by atoms with Gasteiger partial charge in [0, 0.05) is 24.4 Å². The Bertz CT molecular complexity index is 626. The molecule has 7 heteroatoms. The summed E-state index contributed by atoms with van der Waals surface area (Å²) in [6, 6.07) is 4.18. The molecule has 1 saturated heterocycles. The molecule has 124 valence electrons. The van der Waals surface area contributed by atoms with Crippen LogP contribution in [0.2, 0.25) is 0 Å².